The number of halogens is 1. The molecule has 27 heavy (non-hydrogen) atoms. The van der Waals surface area contributed by atoms with Crippen LogP contribution in [0.25, 0.3) is 22.2 Å². The first kappa shape index (κ1) is 19.0. The smallest absolute Gasteiger partial charge is 0.252 e. The van der Waals surface area contributed by atoms with E-state index in [1.165, 1.54) is 12.1 Å². The Morgan fingerprint density at radius 3 is 2.48 bits per heavy atom. The van der Waals surface area contributed by atoms with Gasteiger partial charge in [0.25, 0.3) is 5.91 Å². The van der Waals surface area contributed by atoms with Crippen LogP contribution in [-0.4, -0.2) is 42.0 Å². The second-order valence-electron chi connectivity index (χ2n) is 6.36. The van der Waals surface area contributed by atoms with Gasteiger partial charge in [-0.2, -0.15) is 0 Å². The second kappa shape index (κ2) is 8.73. The van der Waals surface area contributed by atoms with Crippen molar-refractivity contribution < 1.29 is 9.18 Å². The van der Waals surface area contributed by atoms with Crippen molar-refractivity contribution >= 4 is 16.8 Å². The molecule has 1 aromatic heterocycles. The van der Waals surface area contributed by atoms with Crippen LogP contribution < -0.4 is 5.32 Å². The first-order valence-electron chi connectivity index (χ1n) is 9.28. The lowest BCUT2D eigenvalue weighted by Gasteiger charge is -2.18. The number of fused-ring (bicyclic) bond motifs is 1. The van der Waals surface area contributed by atoms with Crippen LogP contribution in [0.5, 0.6) is 0 Å². The fourth-order valence-corrected chi connectivity index (χ4v) is 3.09. The molecule has 0 aliphatic heterocycles. The molecule has 3 aromatic rings. The van der Waals surface area contributed by atoms with Gasteiger partial charge in [0.05, 0.1) is 16.8 Å². The van der Waals surface area contributed by atoms with Gasteiger partial charge in [-0.1, -0.05) is 32.0 Å². The van der Waals surface area contributed by atoms with E-state index in [4.69, 9.17) is 0 Å². The monoisotopic (exact) mass is 365 g/mol. The predicted octanol–water partition coefficient (Wildman–Crippen LogP) is 4.11. The van der Waals surface area contributed by atoms with Crippen molar-refractivity contribution in [2.75, 3.05) is 26.2 Å². The molecule has 140 valence electrons. The number of carbonyl (C=O) groups excluding carboxylic acids is 1. The van der Waals surface area contributed by atoms with Crippen LogP contribution in [0, 0.1) is 5.82 Å². The van der Waals surface area contributed by atoms with Crippen LogP contribution in [0.4, 0.5) is 4.39 Å². The fourth-order valence-electron chi connectivity index (χ4n) is 3.09. The number of nitrogens with zero attached hydrogens (tertiary/aromatic N) is 2. The minimum absolute atomic E-state index is 0.121. The molecule has 1 N–H and O–H groups in total. The Hall–Kier alpha value is -2.79. The van der Waals surface area contributed by atoms with Crippen molar-refractivity contribution in [3.63, 3.8) is 0 Å². The lowest BCUT2D eigenvalue weighted by molar-refractivity contribution is 0.0950. The molecule has 1 amide bonds. The molecule has 0 fully saturated rings. The number of rotatable bonds is 7. The zero-order valence-electron chi connectivity index (χ0n) is 15.7. The Balaban J connectivity index is 1.91. The molecule has 0 spiro atoms. The SMILES string of the molecule is CCN(CC)CCNC(=O)c1cc(-c2ccc(F)cc2)nc2ccccc12. The number of carbonyl (C=O) groups is 1. The van der Waals surface area contributed by atoms with Crippen molar-refractivity contribution in [1.82, 2.24) is 15.2 Å². The third kappa shape index (κ3) is 4.49. The van der Waals surface area contributed by atoms with E-state index in [2.05, 4.69) is 29.0 Å². The zero-order valence-corrected chi connectivity index (χ0v) is 15.7. The highest BCUT2D eigenvalue weighted by molar-refractivity contribution is 6.07. The van der Waals surface area contributed by atoms with Gasteiger partial charge in [0.15, 0.2) is 0 Å². The standard InChI is InChI=1S/C22H24FN3O/c1-3-26(4-2)14-13-24-22(27)19-15-21(16-9-11-17(23)12-10-16)25-20-8-6-5-7-18(19)20/h5-12,15H,3-4,13-14H2,1-2H3,(H,24,27). The van der Waals surface area contributed by atoms with Crippen LogP contribution in [0.15, 0.2) is 54.6 Å². The molecule has 0 radical (unpaired) electrons. The molecule has 5 heteroatoms. The molecule has 0 unspecified atom stereocenters. The van der Waals surface area contributed by atoms with E-state index in [0.717, 1.165) is 36.1 Å². The largest absolute Gasteiger partial charge is 0.351 e. The molecular weight excluding hydrogens is 341 g/mol. The molecule has 2 aromatic carbocycles. The van der Waals surface area contributed by atoms with E-state index in [1.54, 1.807) is 18.2 Å². The maximum Gasteiger partial charge on any atom is 0.252 e. The molecule has 0 saturated carbocycles. The molecular formula is C22H24FN3O. The number of likely N-dealkylation sites (N-methyl/N-ethyl adjacent to an activating group) is 1. The quantitative estimate of drug-likeness (QED) is 0.685. The molecule has 0 atom stereocenters. The highest BCUT2D eigenvalue weighted by atomic mass is 19.1. The molecule has 0 aliphatic rings. The highest BCUT2D eigenvalue weighted by Gasteiger charge is 2.14. The zero-order chi connectivity index (χ0) is 19.2. The number of amides is 1. The average Bonchev–Trinajstić information content (AvgIpc) is 2.70. The lowest BCUT2D eigenvalue weighted by atomic mass is 10.0. The Kier molecular flexibility index (Phi) is 6.14. The summed E-state index contributed by atoms with van der Waals surface area (Å²) in [7, 11) is 0. The molecule has 1 heterocycles. The summed E-state index contributed by atoms with van der Waals surface area (Å²) in [5.74, 6) is -0.418. The van der Waals surface area contributed by atoms with E-state index < -0.39 is 0 Å². The second-order valence-corrected chi connectivity index (χ2v) is 6.36. The van der Waals surface area contributed by atoms with Crippen molar-refractivity contribution in [2.24, 2.45) is 0 Å². The summed E-state index contributed by atoms with van der Waals surface area (Å²) in [4.78, 5) is 19.7. The minimum atomic E-state index is -0.297. The van der Waals surface area contributed by atoms with Gasteiger partial charge >= 0.3 is 0 Å². The van der Waals surface area contributed by atoms with E-state index in [1.807, 2.05) is 24.3 Å². The minimum Gasteiger partial charge on any atom is -0.351 e. The van der Waals surface area contributed by atoms with Crippen LogP contribution in [0.2, 0.25) is 0 Å². The maximum absolute atomic E-state index is 13.2. The van der Waals surface area contributed by atoms with Gasteiger partial charge in [0, 0.05) is 24.0 Å². The Bertz CT molecular complexity index is 920. The summed E-state index contributed by atoms with van der Waals surface area (Å²) in [6, 6.07) is 15.5. The van der Waals surface area contributed by atoms with Gasteiger partial charge in [-0.3, -0.25) is 4.79 Å². The molecule has 4 nitrogen and oxygen atoms in total. The number of aromatic nitrogens is 1. The van der Waals surface area contributed by atoms with Crippen molar-refractivity contribution in [2.45, 2.75) is 13.8 Å². The number of pyridine rings is 1. The number of para-hydroxylation sites is 1. The summed E-state index contributed by atoms with van der Waals surface area (Å²) >= 11 is 0. The van der Waals surface area contributed by atoms with Gasteiger partial charge in [-0.05, 0) is 49.5 Å². The summed E-state index contributed by atoms with van der Waals surface area (Å²) < 4.78 is 13.2. The van der Waals surface area contributed by atoms with Crippen LogP contribution in [0.1, 0.15) is 24.2 Å². The predicted molar refractivity (Wildman–Crippen MR) is 107 cm³/mol. The number of hydrogen-bond acceptors (Lipinski definition) is 3. The molecule has 0 bridgehead atoms. The number of hydrogen-bond donors (Lipinski definition) is 1. The van der Waals surface area contributed by atoms with Crippen LogP contribution in [-0.2, 0) is 0 Å². The third-order valence-electron chi connectivity index (χ3n) is 4.71. The van der Waals surface area contributed by atoms with Crippen LogP contribution >= 0.6 is 0 Å². The van der Waals surface area contributed by atoms with E-state index >= 15 is 0 Å². The summed E-state index contributed by atoms with van der Waals surface area (Å²) in [5.41, 5.74) is 2.76. The van der Waals surface area contributed by atoms with Gasteiger partial charge in [0.2, 0.25) is 0 Å². The Labute approximate surface area is 159 Å². The normalized spacial score (nSPS) is 11.1. The van der Waals surface area contributed by atoms with Crippen LogP contribution in [0.3, 0.4) is 0 Å². The highest BCUT2D eigenvalue weighted by Crippen LogP contribution is 2.25. The first-order valence-corrected chi connectivity index (χ1v) is 9.28. The summed E-state index contributed by atoms with van der Waals surface area (Å²) in [6.07, 6.45) is 0. The van der Waals surface area contributed by atoms with E-state index in [0.29, 0.717) is 17.8 Å². The van der Waals surface area contributed by atoms with Gasteiger partial charge in [-0.25, -0.2) is 9.37 Å². The summed E-state index contributed by atoms with van der Waals surface area (Å²) in [5, 5.41) is 3.82. The van der Waals surface area contributed by atoms with Gasteiger partial charge < -0.3 is 10.2 Å². The van der Waals surface area contributed by atoms with Crippen molar-refractivity contribution in [3.05, 3.63) is 66.0 Å². The fraction of sp³-hybridized carbons (Fsp3) is 0.273. The first-order chi connectivity index (χ1) is 13.1. The Morgan fingerprint density at radius 1 is 1.07 bits per heavy atom. The average molecular weight is 365 g/mol. The lowest BCUT2D eigenvalue weighted by Crippen LogP contribution is -2.34. The summed E-state index contributed by atoms with van der Waals surface area (Å²) in [6.45, 7) is 7.53. The van der Waals surface area contributed by atoms with Crippen molar-refractivity contribution in [1.29, 1.82) is 0 Å². The van der Waals surface area contributed by atoms with E-state index in [9.17, 15) is 9.18 Å². The Morgan fingerprint density at radius 2 is 1.78 bits per heavy atom. The molecule has 3 rings (SSSR count). The van der Waals surface area contributed by atoms with Crippen molar-refractivity contribution in [3.8, 4) is 11.3 Å². The van der Waals surface area contributed by atoms with Gasteiger partial charge in [-0.15, -0.1) is 0 Å². The molecule has 0 saturated heterocycles. The number of nitrogens with one attached hydrogen (secondary N) is 1. The van der Waals surface area contributed by atoms with Gasteiger partial charge in [0.1, 0.15) is 5.82 Å². The third-order valence-corrected chi connectivity index (χ3v) is 4.71. The number of benzene rings is 2. The molecule has 0 aliphatic carbocycles. The maximum atomic E-state index is 13.2. The van der Waals surface area contributed by atoms with E-state index in [-0.39, 0.29) is 11.7 Å². The topological polar surface area (TPSA) is 45.2 Å².